The second-order valence-electron chi connectivity index (χ2n) is 5.91. The van der Waals surface area contributed by atoms with Crippen molar-refractivity contribution in [3.8, 4) is 0 Å². The summed E-state index contributed by atoms with van der Waals surface area (Å²) in [7, 11) is 0. The minimum Gasteiger partial charge on any atom is -0.352 e. The first-order chi connectivity index (χ1) is 9.85. The Bertz CT molecular complexity index is 477. The fourth-order valence-corrected chi connectivity index (χ4v) is 3.35. The summed E-state index contributed by atoms with van der Waals surface area (Å²) in [5.41, 5.74) is 5.68. The van der Waals surface area contributed by atoms with Gasteiger partial charge in [0.15, 0.2) is 0 Å². The highest BCUT2D eigenvalue weighted by molar-refractivity contribution is 5.79. The van der Waals surface area contributed by atoms with Gasteiger partial charge in [-0.05, 0) is 43.2 Å². The Hall–Kier alpha value is -1.55. The number of rotatable bonds is 2. The molecule has 1 saturated carbocycles. The lowest BCUT2D eigenvalue weighted by molar-refractivity contribution is 0.518. The average molecular weight is 272 g/mol. The first-order valence-corrected chi connectivity index (χ1v) is 7.73. The van der Waals surface area contributed by atoms with Crippen molar-refractivity contribution in [2.75, 3.05) is 0 Å². The van der Waals surface area contributed by atoms with Gasteiger partial charge in [-0.3, -0.25) is 5.43 Å². The highest BCUT2D eigenvalue weighted by Gasteiger charge is 2.20. The maximum absolute atomic E-state index is 5.62. The van der Waals surface area contributed by atoms with Crippen molar-refractivity contribution in [2.45, 2.75) is 57.0 Å². The molecule has 20 heavy (non-hydrogen) atoms. The van der Waals surface area contributed by atoms with Crippen LogP contribution in [0.25, 0.3) is 0 Å². The summed E-state index contributed by atoms with van der Waals surface area (Å²) >= 11 is 0. The van der Waals surface area contributed by atoms with E-state index in [0.29, 0.717) is 12.1 Å². The van der Waals surface area contributed by atoms with Crippen molar-refractivity contribution < 1.29 is 0 Å². The third kappa shape index (κ3) is 3.12. The largest absolute Gasteiger partial charge is 0.352 e. The van der Waals surface area contributed by atoms with E-state index >= 15 is 0 Å². The highest BCUT2D eigenvalue weighted by atomic mass is 15.3. The topological polar surface area (TPSA) is 62.4 Å². The minimum atomic E-state index is 0.432. The van der Waals surface area contributed by atoms with E-state index in [9.17, 15) is 0 Å². The third-order valence-electron chi connectivity index (χ3n) is 4.46. The molecule has 0 amide bonds. The molecule has 0 radical (unpaired) electrons. The zero-order chi connectivity index (χ0) is 13.8. The standard InChI is InChI=1S/C16H24N4/c17-20-16(18-14-7-3-4-8-14)19-15-10-9-12-5-1-2-6-13(12)11-15/h1-2,5-6,14-15H,3-4,7-11,17H2,(H2,18,19,20). The van der Waals surface area contributed by atoms with Gasteiger partial charge in [0, 0.05) is 6.04 Å². The van der Waals surface area contributed by atoms with E-state index in [1.54, 1.807) is 0 Å². The van der Waals surface area contributed by atoms with Gasteiger partial charge in [-0.2, -0.15) is 0 Å². The first-order valence-electron chi connectivity index (χ1n) is 7.73. The fraction of sp³-hybridized carbons (Fsp3) is 0.562. The average Bonchev–Trinajstić information content (AvgIpc) is 2.99. The molecule has 108 valence electrons. The second-order valence-corrected chi connectivity index (χ2v) is 5.91. The molecule has 0 aromatic heterocycles. The predicted molar refractivity (Wildman–Crippen MR) is 82.4 cm³/mol. The van der Waals surface area contributed by atoms with Crippen molar-refractivity contribution in [1.29, 1.82) is 0 Å². The molecule has 3 rings (SSSR count). The van der Waals surface area contributed by atoms with Gasteiger partial charge in [-0.25, -0.2) is 10.8 Å². The number of nitrogens with zero attached hydrogens (tertiary/aromatic N) is 1. The van der Waals surface area contributed by atoms with E-state index in [2.05, 4.69) is 35.0 Å². The van der Waals surface area contributed by atoms with Crippen LogP contribution in [-0.2, 0) is 12.8 Å². The zero-order valence-electron chi connectivity index (χ0n) is 11.9. The van der Waals surface area contributed by atoms with E-state index < -0.39 is 0 Å². The van der Waals surface area contributed by atoms with Gasteiger partial charge >= 0.3 is 0 Å². The molecule has 1 aromatic rings. The Morgan fingerprint density at radius 2 is 1.85 bits per heavy atom. The molecular formula is C16H24N4. The summed E-state index contributed by atoms with van der Waals surface area (Å²) in [6.07, 6.45) is 8.31. The van der Waals surface area contributed by atoms with Gasteiger partial charge < -0.3 is 5.32 Å². The highest BCUT2D eigenvalue weighted by Crippen LogP contribution is 2.22. The van der Waals surface area contributed by atoms with Crippen LogP contribution in [0.3, 0.4) is 0 Å². The summed E-state index contributed by atoms with van der Waals surface area (Å²) in [6.45, 7) is 0. The van der Waals surface area contributed by atoms with Crippen molar-refractivity contribution >= 4 is 5.96 Å². The lowest BCUT2D eigenvalue weighted by Crippen LogP contribution is -2.48. The molecule has 1 atom stereocenters. The van der Waals surface area contributed by atoms with Gasteiger partial charge in [-0.1, -0.05) is 37.1 Å². The molecule has 0 aliphatic heterocycles. The molecule has 4 nitrogen and oxygen atoms in total. The Morgan fingerprint density at radius 1 is 1.10 bits per heavy atom. The van der Waals surface area contributed by atoms with E-state index in [-0.39, 0.29) is 0 Å². The van der Waals surface area contributed by atoms with E-state index in [0.717, 1.165) is 25.2 Å². The lowest BCUT2D eigenvalue weighted by atomic mass is 9.88. The zero-order valence-corrected chi connectivity index (χ0v) is 11.9. The van der Waals surface area contributed by atoms with Gasteiger partial charge in [0.05, 0.1) is 6.04 Å². The Labute approximate surface area is 120 Å². The number of benzene rings is 1. The molecule has 0 heterocycles. The number of aryl methyl sites for hydroxylation is 1. The summed E-state index contributed by atoms with van der Waals surface area (Å²) < 4.78 is 0. The van der Waals surface area contributed by atoms with Crippen LogP contribution in [0.4, 0.5) is 0 Å². The molecule has 1 unspecified atom stereocenters. The van der Waals surface area contributed by atoms with Crippen LogP contribution in [0.1, 0.15) is 43.2 Å². The Morgan fingerprint density at radius 3 is 2.60 bits per heavy atom. The molecule has 2 aliphatic rings. The number of nitrogens with two attached hydrogens (primary N) is 1. The molecule has 4 heteroatoms. The van der Waals surface area contributed by atoms with E-state index in [1.807, 2.05) is 0 Å². The smallest absolute Gasteiger partial charge is 0.206 e. The van der Waals surface area contributed by atoms with Crippen LogP contribution in [0.15, 0.2) is 29.3 Å². The molecule has 0 bridgehead atoms. The minimum absolute atomic E-state index is 0.432. The van der Waals surface area contributed by atoms with Crippen molar-refractivity contribution in [3.05, 3.63) is 35.4 Å². The normalized spacial score (nSPS) is 23.4. The molecule has 0 saturated heterocycles. The van der Waals surface area contributed by atoms with Crippen LogP contribution in [0, 0.1) is 0 Å². The van der Waals surface area contributed by atoms with Crippen molar-refractivity contribution in [2.24, 2.45) is 10.8 Å². The number of aliphatic imine (C=N–C) groups is 1. The SMILES string of the molecule is NNC(=NC1CCCC1)NC1CCc2ccccc2C1. The van der Waals surface area contributed by atoms with Gasteiger partial charge in [0.2, 0.25) is 5.96 Å². The maximum Gasteiger partial charge on any atom is 0.206 e. The van der Waals surface area contributed by atoms with Crippen LogP contribution in [-0.4, -0.2) is 18.0 Å². The summed E-state index contributed by atoms with van der Waals surface area (Å²) in [5.74, 6) is 6.38. The van der Waals surface area contributed by atoms with Crippen molar-refractivity contribution in [3.63, 3.8) is 0 Å². The van der Waals surface area contributed by atoms with Crippen LogP contribution < -0.4 is 16.6 Å². The van der Waals surface area contributed by atoms with Gasteiger partial charge in [0.25, 0.3) is 0 Å². The van der Waals surface area contributed by atoms with Gasteiger partial charge in [0.1, 0.15) is 0 Å². The number of hydrogen-bond acceptors (Lipinski definition) is 2. The lowest BCUT2D eigenvalue weighted by Gasteiger charge is -2.27. The quantitative estimate of drug-likeness (QED) is 0.333. The monoisotopic (exact) mass is 272 g/mol. The second kappa shape index (κ2) is 6.27. The maximum atomic E-state index is 5.62. The molecule has 1 aromatic carbocycles. The molecule has 2 aliphatic carbocycles. The van der Waals surface area contributed by atoms with Gasteiger partial charge in [-0.15, -0.1) is 0 Å². The Kier molecular flexibility index (Phi) is 4.21. The molecule has 1 fully saturated rings. The predicted octanol–water partition coefficient (Wildman–Crippen LogP) is 1.90. The van der Waals surface area contributed by atoms with Crippen molar-refractivity contribution in [1.82, 2.24) is 10.7 Å². The number of hydrogen-bond donors (Lipinski definition) is 3. The number of nitrogens with one attached hydrogen (secondary N) is 2. The molecular weight excluding hydrogens is 248 g/mol. The Balaban J connectivity index is 1.62. The summed E-state index contributed by atoms with van der Waals surface area (Å²) in [5, 5.41) is 3.49. The fourth-order valence-electron chi connectivity index (χ4n) is 3.35. The summed E-state index contributed by atoms with van der Waals surface area (Å²) in [4.78, 5) is 4.71. The number of hydrazine groups is 1. The molecule has 0 spiro atoms. The van der Waals surface area contributed by atoms with E-state index in [4.69, 9.17) is 10.8 Å². The van der Waals surface area contributed by atoms with E-state index in [1.165, 1.54) is 36.8 Å². The first kappa shape index (κ1) is 13.4. The van der Waals surface area contributed by atoms with Crippen LogP contribution in [0.2, 0.25) is 0 Å². The van der Waals surface area contributed by atoms with Crippen LogP contribution in [0.5, 0.6) is 0 Å². The third-order valence-corrected chi connectivity index (χ3v) is 4.46. The summed E-state index contributed by atoms with van der Waals surface area (Å²) in [6, 6.07) is 9.59. The number of guanidine groups is 1. The number of fused-ring (bicyclic) bond motifs is 1. The van der Waals surface area contributed by atoms with Crippen LogP contribution >= 0.6 is 0 Å². The molecule has 4 N–H and O–H groups in total.